The van der Waals surface area contributed by atoms with E-state index in [0.717, 1.165) is 19.3 Å². The first-order valence-corrected chi connectivity index (χ1v) is 7.49. The molecular weight excluding hydrogens is 286 g/mol. The van der Waals surface area contributed by atoms with Crippen LogP contribution in [0.4, 0.5) is 0 Å². The van der Waals surface area contributed by atoms with Gasteiger partial charge in [-0.2, -0.15) is 4.98 Å². The summed E-state index contributed by atoms with van der Waals surface area (Å²) in [6, 6.07) is 0. The molecule has 0 unspecified atom stereocenters. The van der Waals surface area contributed by atoms with E-state index < -0.39 is 0 Å². The molecule has 22 heavy (non-hydrogen) atoms. The summed E-state index contributed by atoms with van der Waals surface area (Å²) in [5, 5.41) is 11.3. The zero-order valence-electron chi connectivity index (χ0n) is 12.6. The van der Waals surface area contributed by atoms with Crippen LogP contribution in [0.5, 0.6) is 0 Å². The fourth-order valence-electron chi connectivity index (χ4n) is 3.87. The van der Waals surface area contributed by atoms with Crippen LogP contribution >= 0.6 is 0 Å². The van der Waals surface area contributed by atoms with E-state index in [4.69, 9.17) is 4.52 Å². The van der Waals surface area contributed by atoms with Gasteiger partial charge in [0.05, 0.1) is 5.41 Å². The minimum Gasteiger partial charge on any atom is -0.339 e. The molecule has 2 atom stereocenters. The molecule has 0 N–H and O–H groups in total. The normalized spacial score (nSPS) is 27.4. The van der Waals surface area contributed by atoms with E-state index in [9.17, 15) is 4.79 Å². The molecule has 2 aromatic rings. The highest BCUT2D eigenvalue weighted by atomic mass is 16.6. The van der Waals surface area contributed by atoms with Gasteiger partial charge < -0.3 is 9.42 Å². The molecule has 2 aromatic heterocycles. The van der Waals surface area contributed by atoms with Gasteiger partial charge in [0.15, 0.2) is 11.5 Å². The monoisotopic (exact) mass is 303 g/mol. The summed E-state index contributed by atoms with van der Waals surface area (Å²) in [7, 11) is 0. The average Bonchev–Trinajstić information content (AvgIpc) is 3.19. The number of carbonyl (C=O) groups excluding carboxylic acids is 1. The van der Waals surface area contributed by atoms with Gasteiger partial charge in [0.2, 0.25) is 5.89 Å². The topological polar surface area (TPSA) is 98.2 Å². The second kappa shape index (κ2) is 4.62. The Morgan fingerprint density at radius 2 is 2.18 bits per heavy atom. The third-order valence-corrected chi connectivity index (χ3v) is 4.97. The van der Waals surface area contributed by atoms with Gasteiger partial charge in [0.1, 0.15) is 5.69 Å². The number of fused-ring (bicyclic) bond motifs is 1. The van der Waals surface area contributed by atoms with Crippen molar-refractivity contribution in [3.05, 3.63) is 23.1 Å². The number of hydrogen-bond acceptors (Lipinski definition) is 7. The van der Waals surface area contributed by atoms with Crippen molar-refractivity contribution in [2.75, 3.05) is 13.1 Å². The van der Waals surface area contributed by atoms with Crippen molar-refractivity contribution >= 4 is 5.91 Å². The smallest absolute Gasteiger partial charge is 0.278 e. The number of hydrogen-bond donors (Lipinski definition) is 0. The number of nitrogens with zero attached hydrogens (tertiary/aromatic N) is 5. The number of carbonyl (C=O) groups is 1. The molecule has 4 rings (SSSR count). The highest BCUT2D eigenvalue weighted by Gasteiger charge is 2.55. The molecule has 2 fully saturated rings. The Morgan fingerprint density at radius 1 is 1.32 bits per heavy atom. The molecule has 0 radical (unpaired) electrons. The SMILES string of the molecule is Cc1noc([C@]23CCC[C@H]2CN(C(=O)c2nonc2C)C3)n1. The number of amides is 1. The molecule has 8 heteroatoms. The molecule has 2 aliphatic rings. The highest BCUT2D eigenvalue weighted by molar-refractivity contribution is 5.93. The third kappa shape index (κ3) is 1.79. The van der Waals surface area contributed by atoms with Crippen LogP contribution in [0.2, 0.25) is 0 Å². The number of aromatic nitrogens is 4. The molecule has 1 aliphatic heterocycles. The van der Waals surface area contributed by atoms with Crippen molar-refractivity contribution < 1.29 is 13.9 Å². The molecule has 116 valence electrons. The summed E-state index contributed by atoms with van der Waals surface area (Å²) in [5.74, 6) is 1.52. The second-order valence-corrected chi connectivity index (χ2v) is 6.28. The Balaban J connectivity index is 1.65. The van der Waals surface area contributed by atoms with Gasteiger partial charge in [0, 0.05) is 13.1 Å². The van der Waals surface area contributed by atoms with Crippen molar-refractivity contribution in [2.24, 2.45) is 5.92 Å². The lowest BCUT2D eigenvalue weighted by Gasteiger charge is -2.23. The minimum absolute atomic E-state index is 0.135. The summed E-state index contributed by atoms with van der Waals surface area (Å²) < 4.78 is 10.1. The Labute approximate surface area is 126 Å². The van der Waals surface area contributed by atoms with Gasteiger partial charge >= 0.3 is 0 Å². The first kappa shape index (κ1) is 13.4. The average molecular weight is 303 g/mol. The first-order valence-electron chi connectivity index (χ1n) is 7.49. The molecule has 1 aliphatic carbocycles. The van der Waals surface area contributed by atoms with Gasteiger partial charge in [-0.25, -0.2) is 4.63 Å². The summed E-state index contributed by atoms with van der Waals surface area (Å²) in [5.41, 5.74) is 0.601. The predicted octanol–water partition coefficient (Wildman–Crippen LogP) is 1.26. The van der Waals surface area contributed by atoms with Crippen LogP contribution in [0, 0.1) is 19.8 Å². The standard InChI is InChI=1S/C14H17N5O3/c1-8-11(18-22-16-8)12(20)19-6-10-4-3-5-14(10,7-19)13-15-9(2)17-21-13/h10H,3-7H2,1-2H3/t10-,14-/m0/s1. The van der Waals surface area contributed by atoms with Crippen LogP contribution in [-0.2, 0) is 5.41 Å². The molecule has 1 saturated carbocycles. The Morgan fingerprint density at radius 3 is 2.86 bits per heavy atom. The van der Waals surface area contributed by atoms with E-state index in [1.165, 1.54) is 0 Å². The maximum absolute atomic E-state index is 12.6. The van der Waals surface area contributed by atoms with Gasteiger partial charge in [-0.15, -0.1) is 0 Å². The van der Waals surface area contributed by atoms with E-state index in [-0.39, 0.29) is 17.0 Å². The summed E-state index contributed by atoms with van der Waals surface area (Å²) in [6.45, 7) is 4.81. The number of likely N-dealkylation sites (tertiary alicyclic amines) is 1. The molecule has 1 amide bonds. The van der Waals surface area contributed by atoms with Gasteiger partial charge in [-0.05, 0) is 37.8 Å². The lowest BCUT2D eigenvalue weighted by atomic mass is 9.80. The van der Waals surface area contributed by atoms with Gasteiger partial charge in [-0.3, -0.25) is 4.79 Å². The second-order valence-electron chi connectivity index (χ2n) is 6.28. The van der Waals surface area contributed by atoms with Crippen molar-refractivity contribution in [3.8, 4) is 0 Å². The number of aryl methyl sites for hydroxylation is 2. The lowest BCUT2D eigenvalue weighted by Crippen LogP contribution is -2.35. The molecule has 1 saturated heterocycles. The van der Waals surface area contributed by atoms with Crippen LogP contribution in [0.3, 0.4) is 0 Å². The molecule has 8 nitrogen and oxygen atoms in total. The highest BCUT2D eigenvalue weighted by Crippen LogP contribution is 2.50. The molecule has 3 heterocycles. The summed E-state index contributed by atoms with van der Waals surface area (Å²) >= 11 is 0. The predicted molar refractivity (Wildman–Crippen MR) is 73.0 cm³/mol. The zero-order valence-corrected chi connectivity index (χ0v) is 12.6. The third-order valence-electron chi connectivity index (χ3n) is 4.97. The van der Waals surface area contributed by atoms with Crippen molar-refractivity contribution in [1.82, 2.24) is 25.4 Å². The first-order chi connectivity index (χ1) is 10.6. The number of rotatable bonds is 2. The van der Waals surface area contributed by atoms with Gasteiger partial charge in [-0.1, -0.05) is 16.7 Å². The molecule has 0 bridgehead atoms. The van der Waals surface area contributed by atoms with Crippen LogP contribution in [0.1, 0.15) is 47.2 Å². The van der Waals surface area contributed by atoms with Gasteiger partial charge in [0.25, 0.3) is 5.91 Å². The van der Waals surface area contributed by atoms with E-state index in [1.807, 2.05) is 11.8 Å². The van der Waals surface area contributed by atoms with E-state index in [1.54, 1.807) is 6.92 Å². The summed E-state index contributed by atoms with van der Waals surface area (Å²) in [6.07, 6.45) is 3.17. The van der Waals surface area contributed by atoms with Crippen LogP contribution in [-0.4, -0.2) is 44.4 Å². The van der Waals surface area contributed by atoms with Crippen LogP contribution in [0.15, 0.2) is 9.15 Å². The van der Waals surface area contributed by atoms with Crippen LogP contribution < -0.4 is 0 Å². The maximum Gasteiger partial charge on any atom is 0.278 e. The largest absolute Gasteiger partial charge is 0.339 e. The summed E-state index contributed by atoms with van der Waals surface area (Å²) in [4.78, 5) is 18.9. The van der Waals surface area contributed by atoms with Crippen molar-refractivity contribution in [3.63, 3.8) is 0 Å². The fourth-order valence-corrected chi connectivity index (χ4v) is 3.87. The van der Waals surface area contributed by atoms with Crippen molar-refractivity contribution in [2.45, 2.75) is 38.5 Å². The Bertz CT molecular complexity index is 724. The zero-order chi connectivity index (χ0) is 15.3. The molecular formula is C14H17N5O3. The molecule has 0 aromatic carbocycles. The quantitative estimate of drug-likeness (QED) is 0.823. The minimum atomic E-state index is -0.206. The van der Waals surface area contributed by atoms with Crippen molar-refractivity contribution in [1.29, 1.82) is 0 Å². The molecule has 0 spiro atoms. The van der Waals surface area contributed by atoms with E-state index in [2.05, 4.69) is 25.1 Å². The van der Waals surface area contributed by atoms with E-state index >= 15 is 0 Å². The Kier molecular flexibility index (Phi) is 2.82. The lowest BCUT2D eigenvalue weighted by molar-refractivity contribution is 0.0763. The Hall–Kier alpha value is -2.25. The van der Waals surface area contributed by atoms with E-state index in [0.29, 0.717) is 36.4 Å². The fraction of sp³-hybridized carbons (Fsp3) is 0.643. The maximum atomic E-state index is 12.6. The van der Waals surface area contributed by atoms with Crippen LogP contribution in [0.25, 0.3) is 0 Å².